The number of nitrogens with one attached hydrogen (secondary N) is 2. The first kappa shape index (κ1) is 19.3. The molecule has 25 heavy (non-hydrogen) atoms. The molecule has 1 aliphatic heterocycles. The van der Waals surface area contributed by atoms with Gasteiger partial charge in [-0.25, -0.2) is 0 Å². The Labute approximate surface area is 146 Å². The number of ether oxygens (including phenoxy) is 3. The first-order chi connectivity index (χ1) is 12.0. The van der Waals surface area contributed by atoms with E-state index in [2.05, 4.69) is 10.6 Å². The van der Waals surface area contributed by atoms with Crippen molar-refractivity contribution in [1.82, 2.24) is 10.6 Å². The van der Waals surface area contributed by atoms with E-state index in [0.29, 0.717) is 5.56 Å². The summed E-state index contributed by atoms with van der Waals surface area (Å²) in [4.78, 5) is 23.5. The molecule has 8 nitrogen and oxygen atoms in total. The second-order valence-corrected chi connectivity index (χ2v) is 5.77. The van der Waals surface area contributed by atoms with E-state index >= 15 is 0 Å². The molecule has 8 heteroatoms. The molecule has 0 spiro atoms. The van der Waals surface area contributed by atoms with Crippen LogP contribution in [0.1, 0.15) is 17.3 Å². The van der Waals surface area contributed by atoms with Gasteiger partial charge in [0.15, 0.2) is 6.29 Å². The second-order valence-electron chi connectivity index (χ2n) is 5.77. The van der Waals surface area contributed by atoms with Crippen molar-refractivity contribution in [1.29, 1.82) is 0 Å². The lowest BCUT2D eigenvalue weighted by Crippen LogP contribution is -2.66. The van der Waals surface area contributed by atoms with E-state index in [1.807, 2.05) is 6.07 Å². The summed E-state index contributed by atoms with van der Waals surface area (Å²) in [6.45, 7) is 1.48. The van der Waals surface area contributed by atoms with Crippen molar-refractivity contribution in [3.8, 4) is 0 Å². The van der Waals surface area contributed by atoms with Gasteiger partial charge in [-0.15, -0.1) is 0 Å². The lowest BCUT2D eigenvalue weighted by molar-refractivity contribution is -0.258. The third-order valence-corrected chi connectivity index (χ3v) is 4.06. The van der Waals surface area contributed by atoms with E-state index < -0.39 is 30.6 Å². The molecule has 0 aliphatic carbocycles. The summed E-state index contributed by atoms with van der Waals surface area (Å²) >= 11 is 0. The lowest BCUT2D eigenvalue weighted by atomic mass is 9.96. The number of methoxy groups -OCH3 is 2. The monoisotopic (exact) mass is 352 g/mol. The molecular weight excluding hydrogens is 328 g/mol. The molecule has 1 saturated heterocycles. The van der Waals surface area contributed by atoms with Crippen LogP contribution in [-0.4, -0.2) is 68.3 Å². The maximum atomic E-state index is 12.4. The first-order valence-electron chi connectivity index (χ1n) is 7.97. The van der Waals surface area contributed by atoms with Crippen molar-refractivity contribution in [2.45, 2.75) is 37.6 Å². The molecule has 5 atom stereocenters. The van der Waals surface area contributed by atoms with E-state index in [1.165, 1.54) is 21.1 Å². The van der Waals surface area contributed by atoms with Crippen LogP contribution in [0.15, 0.2) is 30.3 Å². The highest BCUT2D eigenvalue weighted by Gasteiger charge is 2.46. The summed E-state index contributed by atoms with van der Waals surface area (Å²) in [6, 6.07) is 7.97. The third kappa shape index (κ3) is 4.76. The minimum atomic E-state index is -1.05. The lowest BCUT2D eigenvalue weighted by Gasteiger charge is -2.43. The normalized spacial score (nSPS) is 29.0. The van der Waals surface area contributed by atoms with E-state index in [1.54, 1.807) is 24.3 Å². The number of hydrogen-bond donors (Lipinski definition) is 3. The zero-order chi connectivity index (χ0) is 18.4. The number of aliphatic hydroxyl groups excluding tert-OH is 1. The van der Waals surface area contributed by atoms with Crippen LogP contribution in [0.2, 0.25) is 0 Å². The molecule has 1 aromatic rings. The van der Waals surface area contributed by atoms with Gasteiger partial charge >= 0.3 is 0 Å². The molecular formula is C17H24N2O6. The maximum Gasteiger partial charge on any atom is 0.251 e. The predicted octanol–water partition coefficient (Wildman–Crippen LogP) is -0.332. The van der Waals surface area contributed by atoms with E-state index in [0.717, 1.165) is 0 Å². The molecule has 0 aromatic heterocycles. The van der Waals surface area contributed by atoms with Crippen molar-refractivity contribution in [2.24, 2.45) is 0 Å². The summed E-state index contributed by atoms with van der Waals surface area (Å²) < 4.78 is 16.4. The van der Waals surface area contributed by atoms with Gasteiger partial charge in [0.25, 0.3) is 5.91 Å². The van der Waals surface area contributed by atoms with E-state index in [-0.39, 0.29) is 18.4 Å². The number of amides is 2. The Hall–Kier alpha value is -2.00. The largest absolute Gasteiger partial charge is 0.388 e. The van der Waals surface area contributed by atoms with Crippen molar-refractivity contribution < 1.29 is 28.9 Å². The van der Waals surface area contributed by atoms with Crippen molar-refractivity contribution in [3.63, 3.8) is 0 Å². The highest BCUT2D eigenvalue weighted by atomic mass is 16.7. The Morgan fingerprint density at radius 1 is 1.20 bits per heavy atom. The smallest absolute Gasteiger partial charge is 0.251 e. The van der Waals surface area contributed by atoms with Crippen molar-refractivity contribution in [3.05, 3.63) is 35.9 Å². The minimum Gasteiger partial charge on any atom is -0.388 e. The molecule has 0 radical (unpaired) electrons. The molecule has 1 aliphatic rings. The summed E-state index contributed by atoms with van der Waals surface area (Å²) in [6.07, 6.45) is -3.36. The van der Waals surface area contributed by atoms with Crippen LogP contribution in [0.3, 0.4) is 0 Å². The van der Waals surface area contributed by atoms with Gasteiger partial charge < -0.3 is 30.0 Å². The molecule has 0 saturated carbocycles. The molecule has 3 N–H and O–H groups in total. The average Bonchev–Trinajstić information content (AvgIpc) is 2.61. The Morgan fingerprint density at radius 2 is 1.88 bits per heavy atom. The number of benzene rings is 1. The van der Waals surface area contributed by atoms with Crippen LogP contribution in [0.25, 0.3) is 0 Å². The standard InChI is InChI=1S/C17H24N2O6/c1-10(20)18-9-12-14(21)15(23-2)13(17(24-3)25-12)19-16(22)11-7-5-4-6-8-11/h4-8,12-15,17,21H,9H2,1-3H3,(H,18,20)(H,19,22)/t12-,13-,14+,15-,17-/m1/s1. The topological polar surface area (TPSA) is 106 Å². The fraction of sp³-hybridized carbons (Fsp3) is 0.529. The fourth-order valence-electron chi connectivity index (χ4n) is 2.79. The quantitative estimate of drug-likeness (QED) is 0.647. The van der Waals surface area contributed by atoms with Gasteiger partial charge in [0, 0.05) is 33.3 Å². The van der Waals surface area contributed by atoms with Crippen LogP contribution in [0, 0.1) is 0 Å². The van der Waals surface area contributed by atoms with Gasteiger partial charge in [0.05, 0.1) is 0 Å². The van der Waals surface area contributed by atoms with Gasteiger partial charge in [-0.05, 0) is 12.1 Å². The average molecular weight is 352 g/mol. The van der Waals surface area contributed by atoms with Crippen LogP contribution >= 0.6 is 0 Å². The van der Waals surface area contributed by atoms with Gasteiger partial charge in [0.1, 0.15) is 24.4 Å². The molecule has 1 heterocycles. The fourth-order valence-corrected chi connectivity index (χ4v) is 2.79. The first-order valence-corrected chi connectivity index (χ1v) is 7.97. The second kappa shape index (κ2) is 8.91. The molecule has 2 amide bonds. The van der Waals surface area contributed by atoms with Gasteiger partial charge in [-0.3, -0.25) is 9.59 Å². The van der Waals surface area contributed by atoms with Gasteiger partial charge in [0.2, 0.25) is 5.91 Å². The number of carbonyl (C=O) groups excluding carboxylic acids is 2. The zero-order valence-corrected chi connectivity index (χ0v) is 14.5. The summed E-state index contributed by atoms with van der Waals surface area (Å²) in [5.41, 5.74) is 0.474. The number of hydrogen-bond acceptors (Lipinski definition) is 6. The molecule has 1 aromatic carbocycles. The SMILES string of the molecule is CO[C@@H]1O[C@H](CNC(C)=O)[C@H](O)[C@H](OC)[C@H]1NC(=O)c1ccccc1. The Bertz CT molecular complexity index is 582. The Balaban J connectivity index is 2.13. The maximum absolute atomic E-state index is 12.4. The van der Waals surface area contributed by atoms with Crippen LogP contribution in [-0.2, 0) is 19.0 Å². The molecule has 0 bridgehead atoms. The van der Waals surface area contributed by atoms with Crippen molar-refractivity contribution >= 4 is 11.8 Å². The Morgan fingerprint density at radius 3 is 2.44 bits per heavy atom. The van der Waals surface area contributed by atoms with E-state index in [9.17, 15) is 14.7 Å². The van der Waals surface area contributed by atoms with Gasteiger partial charge in [-0.2, -0.15) is 0 Å². The van der Waals surface area contributed by atoms with Crippen LogP contribution < -0.4 is 10.6 Å². The third-order valence-electron chi connectivity index (χ3n) is 4.06. The molecule has 2 rings (SSSR count). The van der Waals surface area contributed by atoms with Crippen molar-refractivity contribution in [2.75, 3.05) is 20.8 Å². The summed E-state index contributed by atoms with van der Waals surface area (Å²) in [5, 5.41) is 15.9. The number of rotatable bonds is 6. The number of aliphatic hydroxyl groups is 1. The molecule has 1 fully saturated rings. The van der Waals surface area contributed by atoms with E-state index in [4.69, 9.17) is 14.2 Å². The Kier molecular flexibility index (Phi) is 6.89. The number of carbonyl (C=O) groups is 2. The summed E-state index contributed by atoms with van der Waals surface area (Å²) in [5.74, 6) is -0.566. The zero-order valence-electron chi connectivity index (χ0n) is 14.5. The minimum absolute atomic E-state index is 0.107. The highest BCUT2D eigenvalue weighted by Crippen LogP contribution is 2.24. The summed E-state index contributed by atoms with van der Waals surface area (Å²) in [7, 11) is 2.87. The predicted molar refractivity (Wildman–Crippen MR) is 88.9 cm³/mol. The van der Waals surface area contributed by atoms with Gasteiger partial charge in [-0.1, -0.05) is 18.2 Å². The van der Waals surface area contributed by atoms with Crippen LogP contribution in [0.4, 0.5) is 0 Å². The molecule has 0 unspecified atom stereocenters. The highest BCUT2D eigenvalue weighted by molar-refractivity contribution is 5.94. The van der Waals surface area contributed by atoms with Crippen LogP contribution in [0.5, 0.6) is 0 Å². The molecule has 138 valence electrons.